The second-order valence-electron chi connectivity index (χ2n) is 7.40. The number of fused-ring (bicyclic) bond motifs is 1. The van der Waals surface area contributed by atoms with E-state index in [1.54, 1.807) is 35.4 Å². The lowest BCUT2D eigenvalue weighted by Crippen LogP contribution is -2.42. The van der Waals surface area contributed by atoms with Crippen molar-refractivity contribution in [2.45, 2.75) is 31.8 Å². The fourth-order valence-electron chi connectivity index (χ4n) is 3.38. The third kappa shape index (κ3) is 6.50. The van der Waals surface area contributed by atoms with Crippen LogP contribution in [0.4, 0.5) is 4.39 Å². The minimum absolute atomic E-state index is 0.0677. The summed E-state index contributed by atoms with van der Waals surface area (Å²) < 4.78 is 12.7. The fourth-order valence-corrected chi connectivity index (χ4v) is 3.55. The molecule has 1 saturated heterocycles. The van der Waals surface area contributed by atoms with Gasteiger partial charge in [-0.25, -0.2) is 9.37 Å². The summed E-state index contributed by atoms with van der Waals surface area (Å²) in [7, 11) is 0. The number of β-amino-alcohol motifs (C(OH)–C–C–N with tert-alkyl or cyclic N) is 1. The van der Waals surface area contributed by atoms with E-state index in [-0.39, 0.29) is 17.8 Å². The molecule has 3 aromatic rings. The van der Waals surface area contributed by atoms with Gasteiger partial charge in [0.25, 0.3) is 5.91 Å². The van der Waals surface area contributed by atoms with Gasteiger partial charge in [0.2, 0.25) is 5.91 Å². The van der Waals surface area contributed by atoms with E-state index in [9.17, 15) is 19.1 Å². The molecule has 0 radical (unpaired) electrons. The summed E-state index contributed by atoms with van der Waals surface area (Å²) in [4.78, 5) is 31.1. The Morgan fingerprint density at radius 2 is 2.03 bits per heavy atom. The molecule has 164 valence electrons. The number of carbonyl (C=O) groups excluding carboxylic acids is 2. The van der Waals surface area contributed by atoms with Gasteiger partial charge in [0.05, 0.1) is 17.8 Å². The summed E-state index contributed by atoms with van der Waals surface area (Å²) in [6, 6.07) is 9.53. The maximum Gasteiger partial charge on any atom is 0.265 e. The van der Waals surface area contributed by atoms with Crippen molar-refractivity contribution >= 4 is 34.3 Å². The van der Waals surface area contributed by atoms with Gasteiger partial charge in [0, 0.05) is 24.9 Å². The monoisotopic (exact) mass is 446 g/mol. The Balaban J connectivity index is 0.000000185. The van der Waals surface area contributed by atoms with Gasteiger partial charge in [-0.3, -0.25) is 9.59 Å². The lowest BCUT2D eigenvalue weighted by Gasteiger charge is -2.30. The molecule has 0 aliphatic carbocycles. The SMILES string of the molecule is NC(=O)c1cc2cc(Cl)ncc2[nH]1.O=C(CCc1ccc(F)cc1)N1CCCC(O)C1. The van der Waals surface area contributed by atoms with Crippen molar-refractivity contribution < 1.29 is 19.1 Å². The zero-order valence-corrected chi connectivity index (χ0v) is 17.6. The van der Waals surface area contributed by atoms with Crippen LogP contribution in [0.2, 0.25) is 5.15 Å². The van der Waals surface area contributed by atoms with Crippen LogP contribution in [0, 0.1) is 5.82 Å². The number of nitrogens with one attached hydrogen (secondary N) is 1. The number of likely N-dealkylation sites (tertiary alicyclic amines) is 1. The highest BCUT2D eigenvalue weighted by molar-refractivity contribution is 6.30. The second-order valence-corrected chi connectivity index (χ2v) is 7.79. The fraction of sp³-hybridized carbons (Fsp3) is 0.318. The van der Waals surface area contributed by atoms with Gasteiger partial charge < -0.3 is 20.7 Å². The van der Waals surface area contributed by atoms with Crippen molar-refractivity contribution in [1.82, 2.24) is 14.9 Å². The first-order valence-corrected chi connectivity index (χ1v) is 10.3. The summed E-state index contributed by atoms with van der Waals surface area (Å²) in [6.07, 6.45) is 3.85. The summed E-state index contributed by atoms with van der Waals surface area (Å²) >= 11 is 5.67. The zero-order chi connectivity index (χ0) is 22.4. The molecule has 0 saturated carbocycles. The molecule has 7 nitrogen and oxygen atoms in total. The van der Waals surface area contributed by atoms with Crippen molar-refractivity contribution in [1.29, 1.82) is 0 Å². The van der Waals surface area contributed by atoms with Crippen molar-refractivity contribution in [2.24, 2.45) is 5.73 Å². The molecule has 1 aliphatic rings. The molecule has 3 heterocycles. The molecule has 9 heteroatoms. The minimum atomic E-state index is -0.493. The number of benzene rings is 1. The molecule has 1 fully saturated rings. The number of aromatic amines is 1. The lowest BCUT2D eigenvalue weighted by atomic mass is 10.1. The normalized spacial score (nSPS) is 16.0. The van der Waals surface area contributed by atoms with Gasteiger partial charge >= 0.3 is 0 Å². The third-order valence-corrected chi connectivity index (χ3v) is 5.23. The summed E-state index contributed by atoms with van der Waals surface area (Å²) in [5.41, 5.74) is 7.16. The Bertz CT molecular complexity index is 1050. The molecular formula is C22H24ClFN4O3. The number of primary amides is 1. The number of H-pyrrole nitrogens is 1. The number of hydrogen-bond acceptors (Lipinski definition) is 4. The molecule has 1 unspecified atom stereocenters. The number of aliphatic hydroxyl groups is 1. The van der Waals surface area contributed by atoms with E-state index in [1.165, 1.54) is 12.1 Å². The number of nitrogens with two attached hydrogens (primary N) is 1. The largest absolute Gasteiger partial charge is 0.391 e. The van der Waals surface area contributed by atoms with E-state index in [2.05, 4.69) is 9.97 Å². The number of nitrogens with zero attached hydrogens (tertiary/aromatic N) is 2. The van der Waals surface area contributed by atoms with Crippen LogP contribution in [0.5, 0.6) is 0 Å². The lowest BCUT2D eigenvalue weighted by molar-refractivity contribution is -0.134. The molecule has 2 amide bonds. The number of rotatable bonds is 4. The van der Waals surface area contributed by atoms with Gasteiger partial charge in [0.15, 0.2) is 0 Å². The number of aryl methyl sites for hydroxylation is 1. The number of halogens is 2. The average molecular weight is 447 g/mol. The standard InChI is InChI=1S/C14H18FNO2.C8H6ClN3O/c15-12-6-3-11(4-7-12)5-8-14(18)16-9-1-2-13(17)10-16;9-7-2-4-1-5(8(10)13)12-6(4)3-11-7/h3-4,6-7,13,17H,1-2,5,8-10H2;1-3,12H,(H2,10,13). The first kappa shape index (κ1) is 22.7. The molecule has 2 aromatic heterocycles. The average Bonchev–Trinajstić information content (AvgIpc) is 3.17. The topological polar surface area (TPSA) is 112 Å². The number of carbonyl (C=O) groups is 2. The Kier molecular flexibility index (Phi) is 7.59. The van der Waals surface area contributed by atoms with Crippen LogP contribution in [0.3, 0.4) is 0 Å². The molecule has 0 bridgehead atoms. The van der Waals surface area contributed by atoms with Crippen LogP contribution >= 0.6 is 11.6 Å². The molecule has 4 N–H and O–H groups in total. The van der Waals surface area contributed by atoms with E-state index < -0.39 is 5.91 Å². The molecule has 0 spiro atoms. The van der Waals surface area contributed by atoms with Crippen LogP contribution in [0.15, 0.2) is 42.6 Å². The number of amides is 2. The van der Waals surface area contributed by atoms with Gasteiger partial charge in [0.1, 0.15) is 16.7 Å². The van der Waals surface area contributed by atoms with E-state index in [4.69, 9.17) is 17.3 Å². The van der Waals surface area contributed by atoms with Crippen LogP contribution in [-0.2, 0) is 11.2 Å². The number of hydrogen-bond donors (Lipinski definition) is 3. The first-order valence-electron chi connectivity index (χ1n) is 9.96. The molecule has 4 rings (SSSR count). The summed E-state index contributed by atoms with van der Waals surface area (Å²) in [5.74, 6) is -0.686. The van der Waals surface area contributed by atoms with Crippen LogP contribution in [0.1, 0.15) is 35.3 Å². The molecule has 1 atom stereocenters. The van der Waals surface area contributed by atoms with E-state index >= 15 is 0 Å². The minimum Gasteiger partial charge on any atom is -0.391 e. The smallest absolute Gasteiger partial charge is 0.265 e. The Morgan fingerprint density at radius 1 is 1.29 bits per heavy atom. The number of pyridine rings is 1. The zero-order valence-electron chi connectivity index (χ0n) is 16.9. The van der Waals surface area contributed by atoms with Crippen LogP contribution < -0.4 is 5.73 Å². The molecule has 1 aromatic carbocycles. The molecular weight excluding hydrogens is 423 g/mol. The van der Waals surface area contributed by atoms with E-state index in [0.29, 0.717) is 30.2 Å². The van der Waals surface area contributed by atoms with E-state index in [1.807, 2.05) is 0 Å². The highest BCUT2D eigenvalue weighted by Gasteiger charge is 2.21. The highest BCUT2D eigenvalue weighted by atomic mass is 35.5. The van der Waals surface area contributed by atoms with Crippen molar-refractivity contribution in [3.8, 4) is 0 Å². The van der Waals surface area contributed by atoms with Crippen LogP contribution in [-0.4, -0.2) is 51.0 Å². The second kappa shape index (κ2) is 10.4. The van der Waals surface area contributed by atoms with Gasteiger partial charge in [-0.15, -0.1) is 0 Å². The van der Waals surface area contributed by atoms with Crippen LogP contribution in [0.25, 0.3) is 10.9 Å². The number of aliphatic hydroxyl groups excluding tert-OH is 1. The quantitative estimate of drug-likeness (QED) is 0.534. The van der Waals surface area contributed by atoms with E-state index in [0.717, 1.165) is 35.9 Å². The maximum atomic E-state index is 12.7. The van der Waals surface area contributed by atoms with Crippen molar-refractivity contribution in [3.63, 3.8) is 0 Å². The first-order chi connectivity index (χ1) is 14.8. The Labute approximate surface area is 184 Å². The number of aromatic nitrogens is 2. The molecule has 1 aliphatic heterocycles. The number of piperidine rings is 1. The summed E-state index contributed by atoms with van der Waals surface area (Å²) in [5, 5.41) is 10.7. The predicted octanol–water partition coefficient (Wildman–Crippen LogP) is 3.06. The predicted molar refractivity (Wildman–Crippen MR) is 116 cm³/mol. The third-order valence-electron chi connectivity index (χ3n) is 5.03. The molecule has 31 heavy (non-hydrogen) atoms. The van der Waals surface area contributed by atoms with Gasteiger partial charge in [-0.2, -0.15) is 0 Å². The van der Waals surface area contributed by atoms with Gasteiger partial charge in [-0.1, -0.05) is 23.7 Å². The Morgan fingerprint density at radius 3 is 2.71 bits per heavy atom. The van der Waals surface area contributed by atoms with Gasteiger partial charge in [-0.05, 0) is 49.1 Å². The Hall–Kier alpha value is -2.97. The van der Waals surface area contributed by atoms with Crippen molar-refractivity contribution in [3.05, 3.63) is 64.8 Å². The van der Waals surface area contributed by atoms with Crippen molar-refractivity contribution in [2.75, 3.05) is 13.1 Å². The summed E-state index contributed by atoms with van der Waals surface area (Å²) in [6.45, 7) is 1.18. The maximum absolute atomic E-state index is 12.7. The highest BCUT2D eigenvalue weighted by Crippen LogP contribution is 2.17.